The van der Waals surface area contributed by atoms with E-state index in [9.17, 15) is 0 Å². The summed E-state index contributed by atoms with van der Waals surface area (Å²) in [5.74, 6) is 0. The molecule has 0 bridgehead atoms. The van der Waals surface area contributed by atoms with Gasteiger partial charge in [0, 0.05) is 48.2 Å². The average molecular weight is 658 g/mol. The molecule has 32 heavy (non-hydrogen) atoms. The van der Waals surface area contributed by atoms with E-state index in [-0.39, 0.29) is 48.0 Å². The van der Waals surface area contributed by atoms with E-state index in [1.807, 2.05) is 12.4 Å². The van der Waals surface area contributed by atoms with E-state index < -0.39 is 0 Å². The molecule has 0 saturated heterocycles. The van der Waals surface area contributed by atoms with E-state index in [4.69, 9.17) is 0 Å². The van der Waals surface area contributed by atoms with E-state index in [0.717, 1.165) is 35.6 Å². The fourth-order valence-corrected chi connectivity index (χ4v) is 3.62. The Balaban J connectivity index is 0.00000256. The molecule has 0 aromatic carbocycles. The van der Waals surface area contributed by atoms with Crippen LogP contribution in [0.2, 0.25) is 0 Å². The third-order valence-corrected chi connectivity index (χ3v) is 5.57. The number of unbranched alkanes of at least 4 members (excludes halogenated alkanes) is 6. The monoisotopic (exact) mass is 658 g/mol. The maximum atomic E-state index is 4.66. The minimum absolute atomic E-state index is 0. The second kappa shape index (κ2) is 16.5. The van der Waals surface area contributed by atoms with E-state index in [1.165, 1.54) is 51.4 Å². The summed E-state index contributed by atoms with van der Waals surface area (Å²) in [6.45, 7) is 6.66. The van der Waals surface area contributed by atoms with Crippen molar-refractivity contribution in [2.24, 2.45) is 0 Å². The second-order valence-electron chi connectivity index (χ2n) is 8.06. The minimum atomic E-state index is 0. The number of aryl methyl sites for hydroxylation is 2. The molecule has 0 aliphatic rings. The van der Waals surface area contributed by atoms with Crippen LogP contribution >= 0.6 is 0 Å². The Morgan fingerprint density at radius 2 is 0.938 bits per heavy atom. The Morgan fingerprint density at radius 1 is 0.562 bits per heavy atom. The highest BCUT2D eigenvalue weighted by Crippen LogP contribution is 2.18. The lowest BCUT2D eigenvalue weighted by atomic mass is 10.1. The van der Waals surface area contributed by atoms with E-state index in [0.29, 0.717) is 0 Å². The van der Waals surface area contributed by atoms with Gasteiger partial charge in [-0.15, -0.1) is 0 Å². The summed E-state index contributed by atoms with van der Waals surface area (Å²) in [4.78, 5) is 9.31. The Morgan fingerprint density at radius 3 is 1.25 bits per heavy atom. The molecular formula is C26H36I2N4. The van der Waals surface area contributed by atoms with Gasteiger partial charge in [-0.2, -0.15) is 0 Å². The first-order valence-corrected chi connectivity index (χ1v) is 11.6. The number of pyridine rings is 2. The van der Waals surface area contributed by atoms with Crippen LogP contribution in [0.15, 0.2) is 61.4 Å². The predicted molar refractivity (Wildman–Crippen MR) is 122 cm³/mol. The van der Waals surface area contributed by atoms with Crippen LogP contribution in [0.5, 0.6) is 0 Å². The number of nitrogens with zero attached hydrogens (tertiary/aromatic N) is 4. The highest BCUT2D eigenvalue weighted by atomic mass is 127. The van der Waals surface area contributed by atoms with Gasteiger partial charge in [0.15, 0.2) is 24.8 Å². The normalized spacial score (nSPS) is 10.3. The van der Waals surface area contributed by atoms with Gasteiger partial charge < -0.3 is 48.0 Å². The highest BCUT2D eigenvalue weighted by Gasteiger charge is 2.08. The minimum Gasteiger partial charge on any atom is -1.00 e. The molecule has 0 amide bonds. The first kappa shape index (κ1) is 28.9. The molecule has 3 heterocycles. The first-order chi connectivity index (χ1) is 14.8. The molecule has 0 spiro atoms. The van der Waals surface area contributed by atoms with Crippen LogP contribution in [0.1, 0.15) is 65.2 Å². The zero-order valence-electron chi connectivity index (χ0n) is 19.4. The number of hydrogen-bond donors (Lipinski definition) is 0. The average Bonchev–Trinajstić information content (AvgIpc) is 2.81. The predicted octanol–water partition coefficient (Wildman–Crippen LogP) is -0.446. The zero-order valence-corrected chi connectivity index (χ0v) is 23.7. The second-order valence-corrected chi connectivity index (χ2v) is 8.06. The van der Waals surface area contributed by atoms with Gasteiger partial charge in [-0.1, -0.05) is 39.5 Å². The molecule has 6 heteroatoms. The smallest absolute Gasteiger partial charge is 0.169 e. The van der Waals surface area contributed by atoms with E-state index in [1.54, 1.807) is 0 Å². The zero-order chi connectivity index (χ0) is 21.0. The molecule has 0 N–H and O–H groups in total. The molecule has 3 rings (SSSR count). The van der Waals surface area contributed by atoms with Gasteiger partial charge >= 0.3 is 0 Å². The van der Waals surface area contributed by atoms with Crippen LogP contribution in [-0.4, -0.2) is 9.97 Å². The van der Waals surface area contributed by atoms with Crippen LogP contribution in [0.4, 0.5) is 0 Å². The topological polar surface area (TPSA) is 33.5 Å². The summed E-state index contributed by atoms with van der Waals surface area (Å²) < 4.78 is 4.50. The van der Waals surface area contributed by atoms with Crippen LogP contribution in [0.3, 0.4) is 0 Å². The van der Waals surface area contributed by atoms with Crippen molar-refractivity contribution in [3.05, 3.63) is 61.4 Å². The molecular weight excluding hydrogens is 622 g/mol. The summed E-state index contributed by atoms with van der Waals surface area (Å²) in [5.41, 5.74) is 4.05. The SMILES string of the molecule is CCCCCC[n+]1ccc(-c2cnc(-c3cc[n+](CCCCCC)cc3)cn2)cc1.[I-].[I-]. The van der Waals surface area contributed by atoms with Crippen molar-refractivity contribution in [1.29, 1.82) is 0 Å². The van der Waals surface area contributed by atoms with Gasteiger partial charge in [-0.05, 0) is 12.8 Å². The van der Waals surface area contributed by atoms with Gasteiger partial charge in [0.25, 0.3) is 0 Å². The van der Waals surface area contributed by atoms with Gasteiger partial charge in [-0.3, -0.25) is 9.97 Å². The summed E-state index contributed by atoms with van der Waals surface area (Å²) in [6, 6.07) is 8.53. The van der Waals surface area contributed by atoms with Crippen molar-refractivity contribution in [3.63, 3.8) is 0 Å². The largest absolute Gasteiger partial charge is 1.00 e. The van der Waals surface area contributed by atoms with Gasteiger partial charge in [0.1, 0.15) is 13.1 Å². The lowest BCUT2D eigenvalue weighted by Gasteiger charge is -2.03. The van der Waals surface area contributed by atoms with Crippen molar-refractivity contribution in [2.45, 2.75) is 78.3 Å². The summed E-state index contributed by atoms with van der Waals surface area (Å²) >= 11 is 0. The molecule has 0 aliphatic heterocycles. The Kier molecular flexibility index (Phi) is 14.8. The number of hydrogen-bond acceptors (Lipinski definition) is 2. The van der Waals surface area contributed by atoms with Crippen molar-refractivity contribution < 1.29 is 57.1 Å². The maximum absolute atomic E-state index is 4.66. The molecule has 0 unspecified atom stereocenters. The fourth-order valence-electron chi connectivity index (χ4n) is 3.62. The quantitative estimate of drug-likeness (QED) is 0.150. The molecule has 0 fully saturated rings. The fraction of sp³-hybridized carbons (Fsp3) is 0.462. The number of aromatic nitrogens is 4. The van der Waals surface area contributed by atoms with Crippen LogP contribution in [0, 0.1) is 0 Å². The Bertz CT molecular complexity index is 791. The van der Waals surface area contributed by atoms with E-state index in [2.05, 4.69) is 82.0 Å². The lowest BCUT2D eigenvalue weighted by molar-refractivity contribution is -0.697. The molecule has 0 atom stereocenters. The molecule has 3 aromatic rings. The van der Waals surface area contributed by atoms with Crippen LogP contribution < -0.4 is 57.1 Å². The Labute approximate surface area is 228 Å². The molecule has 3 aromatic heterocycles. The molecule has 0 aliphatic carbocycles. The van der Waals surface area contributed by atoms with Crippen molar-refractivity contribution in [1.82, 2.24) is 9.97 Å². The summed E-state index contributed by atoms with van der Waals surface area (Å²) in [6.07, 6.45) is 22.6. The lowest BCUT2D eigenvalue weighted by Crippen LogP contribution is -3.00. The number of halogens is 2. The van der Waals surface area contributed by atoms with Crippen molar-refractivity contribution in [2.75, 3.05) is 0 Å². The van der Waals surface area contributed by atoms with Crippen LogP contribution in [0.25, 0.3) is 22.5 Å². The molecule has 174 valence electrons. The maximum Gasteiger partial charge on any atom is 0.169 e. The third kappa shape index (κ3) is 9.37. The molecule has 0 saturated carbocycles. The first-order valence-electron chi connectivity index (χ1n) is 11.6. The third-order valence-electron chi connectivity index (χ3n) is 5.57. The van der Waals surface area contributed by atoms with E-state index >= 15 is 0 Å². The standard InChI is InChI=1S/C26H36N4.2HI/c1-3-5-7-9-15-29-17-11-23(12-18-29)25-21-28-26(22-27-25)24-13-19-30(20-14-24)16-10-8-6-4-2;;/h11-14,17-22H,3-10,15-16H2,1-2H3;2*1H/q+2;;/p-2. The number of rotatable bonds is 12. The molecule has 4 nitrogen and oxygen atoms in total. The Hall–Kier alpha value is -1.16. The van der Waals surface area contributed by atoms with Gasteiger partial charge in [0.05, 0.1) is 23.8 Å². The van der Waals surface area contributed by atoms with Gasteiger partial charge in [-0.25, -0.2) is 9.13 Å². The molecule has 0 radical (unpaired) electrons. The summed E-state index contributed by atoms with van der Waals surface area (Å²) in [7, 11) is 0. The van der Waals surface area contributed by atoms with Gasteiger partial charge in [0.2, 0.25) is 0 Å². The van der Waals surface area contributed by atoms with Crippen LogP contribution in [-0.2, 0) is 13.1 Å². The van der Waals surface area contributed by atoms with Crippen molar-refractivity contribution in [3.8, 4) is 22.5 Å². The summed E-state index contributed by atoms with van der Waals surface area (Å²) in [5, 5.41) is 0. The van der Waals surface area contributed by atoms with Crippen molar-refractivity contribution >= 4 is 0 Å². The highest BCUT2D eigenvalue weighted by molar-refractivity contribution is 5.61.